The van der Waals surface area contributed by atoms with E-state index in [4.69, 9.17) is 9.47 Å². The van der Waals surface area contributed by atoms with Gasteiger partial charge in [-0.1, -0.05) is 18.2 Å². The lowest BCUT2D eigenvalue weighted by molar-refractivity contribution is -0.139. The second-order valence-electron chi connectivity index (χ2n) is 7.15. The van der Waals surface area contributed by atoms with Crippen LogP contribution in [0.4, 0.5) is 0 Å². The number of hydrogen-bond donors (Lipinski definition) is 1. The van der Waals surface area contributed by atoms with Gasteiger partial charge < -0.3 is 14.8 Å². The lowest BCUT2D eigenvalue weighted by Crippen LogP contribution is -2.54. The number of morpholine rings is 1. The van der Waals surface area contributed by atoms with Crippen LogP contribution in [0.25, 0.3) is 0 Å². The van der Waals surface area contributed by atoms with Crippen LogP contribution in [-0.2, 0) is 9.53 Å². The number of benzene rings is 1. The van der Waals surface area contributed by atoms with Crippen LogP contribution in [0, 0.1) is 0 Å². The van der Waals surface area contributed by atoms with E-state index >= 15 is 0 Å². The monoisotopic (exact) mass is 318 g/mol. The number of hydrogen-bond acceptors (Lipinski definition) is 4. The molecule has 1 aromatic rings. The third kappa shape index (κ3) is 4.03. The number of fused-ring (bicyclic) bond motifs is 1. The third-order valence-corrected chi connectivity index (χ3v) is 4.30. The van der Waals surface area contributed by atoms with Crippen LogP contribution in [0.2, 0.25) is 0 Å². The number of carbonyl (C=O) groups excluding carboxylic acids is 1. The van der Waals surface area contributed by atoms with Gasteiger partial charge in [-0.2, -0.15) is 0 Å². The first-order valence-corrected chi connectivity index (χ1v) is 8.34. The molecule has 3 rings (SSSR count). The van der Waals surface area contributed by atoms with Gasteiger partial charge in [0.25, 0.3) is 0 Å². The smallest absolute Gasteiger partial charge is 0.234 e. The number of rotatable bonds is 3. The summed E-state index contributed by atoms with van der Waals surface area (Å²) in [5.41, 5.74) is 0.867. The fraction of sp³-hybridized carbons (Fsp3) is 0.611. The summed E-state index contributed by atoms with van der Waals surface area (Å²) >= 11 is 0. The molecular weight excluding hydrogens is 292 g/mol. The molecule has 0 saturated carbocycles. The van der Waals surface area contributed by atoms with Crippen molar-refractivity contribution in [2.45, 2.75) is 44.9 Å². The average molecular weight is 318 g/mol. The number of ether oxygens (including phenoxy) is 2. The second kappa shape index (κ2) is 6.49. The molecule has 0 bridgehead atoms. The number of para-hydroxylation sites is 1. The minimum Gasteiger partial charge on any atom is -0.493 e. The van der Waals surface area contributed by atoms with Gasteiger partial charge in [-0.05, 0) is 26.8 Å². The first-order valence-electron chi connectivity index (χ1n) is 8.34. The van der Waals surface area contributed by atoms with Crippen LogP contribution in [0.1, 0.15) is 38.8 Å². The Bertz CT molecular complexity index is 573. The van der Waals surface area contributed by atoms with Crippen molar-refractivity contribution in [3.05, 3.63) is 29.8 Å². The molecule has 5 heteroatoms. The van der Waals surface area contributed by atoms with E-state index < -0.39 is 0 Å². The molecule has 0 radical (unpaired) electrons. The Balaban J connectivity index is 1.60. The van der Waals surface area contributed by atoms with Crippen molar-refractivity contribution in [3.63, 3.8) is 0 Å². The molecule has 1 amide bonds. The molecule has 2 aliphatic heterocycles. The molecule has 0 aliphatic carbocycles. The van der Waals surface area contributed by atoms with Crippen molar-refractivity contribution in [2.24, 2.45) is 0 Å². The van der Waals surface area contributed by atoms with Gasteiger partial charge in [-0.25, -0.2) is 0 Å². The maximum Gasteiger partial charge on any atom is 0.234 e. The molecule has 2 unspecified atom stereocenters. The summed E-state index contributed by atoms with van der Waals surface area (Å²) in [6.45, 7) is 8.82. The van der Waals surface area contributed by atoms with Crippen molar-refractivity contribution in [1.82, 2.24) is 10.2 Å². The summed E-state index contributed by atoms with van der Waals surface area (Å²) < 4.78 is 11.5. The van der Waals surface area contributed by atoms with Crippen LogP contribution in [0.5, 0.6) is 5.75 Å². The van der Waals surface area contributed by atoms with E-state index in [0.29, 0.717) is 13.2 Å². The van der Waals surface area contributed by atoms with Crippen LogP contribution in [0.3, 0.4) is 0 Å². The van der Waals surface area contributed by atoms with Crippen molar-refractivity contribution < 1.29 is 14.3 Å². The molecule has 5 nitrogen and oxygen atoms in total. The van der Waals surface area contributed by atoms with E-state index in [0.717, 1.165) is 30.8 Å². The molecule has 2 heterocycles. The summed E-state index contributed by atoms with van der Waals surface area (Å²) in [7, 11) is 0. The Labute approximate surface area is 137 Å². The largest absolute Gasteiger partial charge is 0.493 e. The lowest BCUT2D eigenvalue weighted by Gasteiger charge is -2.41. The highest BCUT2D eigenvalue weighted by atomic mass is 16.5. The standard InChI is InChI=1S/C18H26N2O3/c1-13-10-20(12-18(2,3)23-13)11-17(21)19-15-8-9-22-16-7-5-4-6-14(15)16/h4-7,13,15H,8-12H2,1-3H3,(H,19,21). The minimum atomic E-state index is -0.205. The van der Waals surface area contributed by atoms with E-state index in [1.165, 1.54) is 0 Å². The van der Waals surface area contributed by atoms with Gasteiger partial charge in [0.2, 0.25) is 5.91 Å². The van der Waals surface area contributed by atoms with Crippen LogP contribution < -0.4 is 10.1 Å². The van der Waals surface area contributed by atoms with E-state index in [-0.39, 0.29) is 23.7 Å². The Morgan fingerprint density at radius 3 is 2.96 bits per heavy atom. The molecule has 126 valence electrons. The molecule has 23 heavy (non-hydrogen) atoms. The Morgan fingerprint density at radius 2 is 2.17 bits per heavy atom. The van der Waals surface area contributed by atoms with Gasteiger partial charge in [0.05, 0.1) is 30.9 Å². The fourth-order valence-electron chi connectivity index (χ4n) is 3.64. The lowest BCUT2D eigenvalue weighted by atomic mass is 10.0. The molecule has 1 fully saturated rings. The van der Waals surface area contributed by atoms with Crippen molar-refractivity contribution in [1.29, 1.82) is 0 Å². The van der Waals surface area contributed by atoms with E-state index in [2.05, 4.69) is 31.0 Å². The molecular formula is C18H26N2O3. The third-order valence-electron chi connectivity index (χ3n) is 4.30. The predicted molar refractivity (Wildman–Crippen MR) is 88.5 cm³/mol. The molecule has 2 aliphatic rings. The van der Waals surface area contributed by atoms with Crippen LogP contribution in [-0.4, -0.2) is 48.8 Å². The van der Waals surface area contributed by atoms with Gasteiger partial charge >= 0.3 is 0 Å². The first-order chi connectivity index (χ1) is 10.9. The Morgan fingerprint density at radius 1 is 1.39 bits per heavy atom. The summed E-state index contributed by atoms with van der Waals surface area (Å²) in [6.07, 6.45) is 0.962. The molecule has 1 saturated heterocycles. The van der Waals surface area contributed by atoms with E-state index in [1.54, 1.807) is 0 Å². The first kappa shape index (κ1) is 16.3. The van der Waals surface area contributed by atoms with Crippen LogP contribution in [0.15, 0.2) is 24.3 Å². The summed E-state index contributed by atoms with van der Waals surface area (Å²) in [4.78, 5) is 14.6. The molecule has 1 aromatic carbocycles. The van der Waals surface area contributed by atoms with Crippen molar-refractivity contribution in [2.75, 3.05) is 26.2 Å². The Hall–Kier alpha value is -1.59. The maximum absolute atomic E-state index is 12.5. The quantitative estimate of drug-likeness (QED) is 0.927. The van der Waals surface area contributed by atoms with Gasteiger partial charge in [0.15, 0.2) is 0 Å². The maximum atomic E-state index is 12.5. The summed E-state index contributed by atoms with van der Waals surface area (Å²) in [6, 6.07) is 7.97. The highest BCUT2D eigenvalue weighted by Gasteiger charge is 2.32. The number of nitrogens with zero attached hydrogens (tertiary/aromatic N) is 1. The second-order valence-corrected chi connectivity index (χ2v) is 7.15. The molecule has 2 atom stereocenters. The van der Waals surface area contributed by atoms with Crippen LogP contribution >= 0.6 is 0 Å². The topological polar surface area (TPSA) is 50.8 Å². The zero-order chi connectivity index (χ0) is 16.4. The molecule has 1 N–H and O–H groups in total. The average Bonchev–Trinajstić information content (AvgIpc) is 2.45. The molecule has 0 spiro atoms. The number of carbonyl (C=O) groups is 1. The minimum absolute atomic E-state index is 0.0407. The van der Waals surface area contributed by atoms with Crippen molar-refractivity contribution >= 4 is 5.91 Å². The van der Waals surface area contributed by atoms with Gasteiger partial charge in [-0.3, -0.25) is 9.69 Å². The fourth-order valence-corrected chi connectivity index (χ4v) is 3.64. The highest BCUT2D eigenvalue weighted by molar-refractivity contribution is 5.78. The SMILES string of the molecule is CC1CN(CC(=O)NC2CCOc3ccccc32)CC(C)(C)O1. The van der Waals surface area contributed by atoms with Gasteiger partial charge in [0, 0.05) is 25.1 Å². The number of amides is 1. The summed E-state index contributed by atoms with van der Waals surface area (Å²) in [5.74, 6) is 0.946. The molecule has 0 aromatic heterocycles. The normalized spacial score (nSPS) is 26.9. The predicted octanol–water partition coefficient (Wildman–Crippen LogP) is 2.13. The van der Waals surface area contributed by atoms with E-state index in [9.17, 15) is 4.79 Å². The Kier molecular flexibility index (Phi) is 4.60. The van der Waals surface area contributed by atoms with E-state index in [1.807, 2.05) is 24.3 Å². The van der Waals surface area contributed by atoms with Crippen molar-refractivity contribution in [3.8, 4) is 5.75 Å². The van der Waals surface area contributed by atoms with Gasteiger partial charge in [0.1, 0.15) is 5.75 Å². The van der Waals surface area contributed by atoms with Gasteiger partial charge in [-0.15, -0.1) is 0 Å². The number of nitrogens with one attached hydrogen (secondary N) is 1. The highest BCUT2D eigenvalue weighted by Crippen LogP contribution is 2.31. The zero-order valence-electron chi connectivity index (χ0n) is 14.2. The zero-order valence-corrected chi connectivity index (χ0v) is 14.2. The summed E-state index contributed by atoms with van der Waals surface area (Å²) in [5, 5.41) is 3.16.